The maximum Gasteiger partial charge on any atom is 0.424 e. The number of carbonyl (C=O) groups is 1. The van der Waals surface area contributed by atoms with Crippen LogP contribution in [0, 0.1) is 0 Å². The van der Waals surface area contributed by atoms with E-state index >= 15 is 0 Å². The molecule has 21 heavy (non-hydrogen) atoms. The number of nitrogens with two attached hydrogens (primary N) is 1. The number of hydrogen-bond donors (Lipinski definition) is 1. The molecule has 2 N–H and O–H groups in total. The van der Waals surface area contributed by atoms with Crippen molar-refractivity contribution in [3.63, 3.8) is 0 Å². The van der Waals surface area contributed by atoms with Gasteiger partial charge in [0.05, 0.1) is 12.2 Å². The number of nitrogens with zero attached hydrogens (tertiary/aromatic N) is 4. The average molecular weight is 289 g/mol. The van der Waals surface area contributed by atoms with Crippen molar-refractivity contribution in [2.45, 2.75) is 32.9 Å². The fourth-order valence-corrected chi connectivity index (χ4v) is 1.68. The fraction of sp³-hybridized carbons (Fsp3) is 0.357. The Kier molecular flexibility index (Phi) is 4.23. The summed E-state index contributed by atoms with van der Waals surface area (Å²) in [6, 6.07) is 7.52. The summed E-state index contributed by atoms with van der Waals surface area (Å²) >= 11 is 0. The first-order valence-corrected chi connectivity index (χ1v) is 6.54. The highest BCUT2D eigenvalue weighted by Gasteiger charge is 2.20. The summed E-state index contributed by atoms with van der Waals surface area (Å²) in [5.41, 5.74) is 1.22. The summed E-state index contributed by atoms with van der Waals surface area (Å²) in [6.07, 6.45) is 2.53. The Balaban J connectivity index is 1.98. The molecule has 1 aromatic heterocycles. The third kappa shape index (κ3) is 4.28. The first-order chi connectivity index (χ1) is 9.85. The van der Waals surface area contributed by atoms with Crippen LogP contribution in [-0.2, 0) is 11.3 Å². The third-order valence-electron chi connectivity index (χ3n) is 2.60. The van der Waals surface area contributed by atoms with Crippen molar-refractivity contribution >= 4 is 6.09 Å². The van der Waals surface area contributed by atoms with E-state index in [0.717, 1.165) is 16.3 Å². The van der Waals surface area contributed by atoms with Crippen LogP contribution in [0.1, 0.15) is 26.3 Å². The molecule has 1 amide bonds. The minimum Gasteiger partial charge on any atom is -0.443 e. The Labute approximate surface area is 123 Å². The molecule has 7 nitrogen and oxygen atoms in total. The molecule has 0 aliphatic heterocycles. The van der Waals surface area contributed by atoms with Crippen molar-refractivity contribution in [2.24, 2.45) is 5.84 Å². The Hall–Kier alpha value is -2.41. The number of hydrogen-bond acceptors (Lipinski definition) is 5. The minimum absolute atomic E-state index is 0.270. The Bertz CT molecular complexity index is 587. The Morgan fingerprint density at radius 3 is 2.52 bits per heavy atom. The van der Waals surface area contributed by atoms with Gasteiger partial charge in [-0.1, -0.05) is 12.1 Å². The smallest absolute Gasteiger partial charge is 0.424 e. The van der Waals surface area contributed by atoms with E-state index in [1.54, 1.807) is 31.8 Å². The molecular weight excluding hydrogens is 270 g/mol. The Morgan fingerprint density at radius 2 is 2.00 bits per heavy atom. The van der Waals surface area contributed by atoms with Crippen molar-refractivity contribution in [3.05, 3.63) is 42.5 Å². The van der Waals surface area contributed by atoms with Gasteiger partial charge in [-0.25, -0.2) is 25.3 Å². The highest BCUT2D eigenvalue weighted by molar-refractivity contribution is 5.67. The summed E-state index contributed by atoms with van der Waals surface area (Å²) in [7, 11) is 0. The van der Waals surface area contributed by atoms with E-state index in [1.165, 1.54) is 6.33 Å². The molecule has 0 saturated heterocycles. The van der Waals surface area contributed by atoms with Gasteiger partial charge < -0.3 is 4.74 Å². The number of rotatable bonds is 3. The van der Waals surface area contributed by atoms with Crippen LogP contribution in [0.2, 0.25) is 0 Å². The second-order valence-corrected chi connectivity index (χ2v) is 5.61. The van der Waals surface area contributed by atoms with Gasteiger partial charge in [0.2, 0.25) is 0 Å². The van der Waals surface area contributed by atoms with Crippen LogP contribution in [0.5, 0.6) is 0 Å². The SMILES string of the molecule is CC(C)(C)OC(=O)N(N)Cc1ccc(-n2cncn2)cc1. The number of amides is 1. The fourth-order valence-electron chi connectivity index (χ4n) is 1.68. The molecule has 0 saturated carbocycles. The standard InChI is InChI=1S/C14H19N5O2/c1-14(2,3)21-13(20)18(15)8-11-4-6-12(7-5-11)19-10-16-9-17-19/h4-7,9-10H,8,15H2,1-3H3. The molecular formula is C14H19N5O2. The van der Waals surface area contributed by atoms with Crippen LogP contribution >= 0.6 is 0 Å². The van der Waals surface area contributed by atoms with Crippen molar-refractivity contribution in [1.82, 2.24) is 19.8 Å². The summed E-state index contributed by atoms with van der Waals surface area (Å²) in [6.45, 7) is 5.66. The van der Waals surface area contributed by atoms with E-state index in [-0.39, 0.29) is 6.54 Å². The molecule has 1 aromatic carbocycles. The van der Waals surface area contributed by atoms with Crippen LogP contribution < -0.4 is 5.84 Å². The number of hydrazine groups is 1. The summed E-state index contributed by atoms with van der Waals surface area (Å²) in [5.74, 6) is 5.72. The van der Waals surface area contributed by atoms with E-state index in [1.807, 2.05) is 24.3 Å². The molecule has 2 aromatic rings. The number of ether oxygens (including phenoxy) is 1. The number of aromatic nitrogens is 3. The van der Waals surface area contributed by atoms with Crippen molar-refractivity contribution in [2.75, 3.05) is 0 Å². The minimum atomic E-state index is -0.564. The molecule has 0 unspecified atom stereocenters. The van der Waals surface area contributed by atoms with Crippen LogP contribution in [0.25, 0.3) is 5.69 Å². The molecule has 0 atom stereocenters. The summed E-state index contributed by atoms with van der Waals surface area (Å²) in [5, 5.41) is 5.09. The summed E-state index contributed by atoms with van der Waals surface area (Å²) < 4.78 is 6.84. The van der Waals surface area contributed by atoms with Crippen LogP contribution in [0.3, 0.4) is 0 Å². The topological polar surface area (TPSA) is 86.3 Å². The van der Waals surface area contributed by atoms with Crippen LogP contribution in [-0.4, -0.2) is 31.5 Å². The second kappa shape index (κ2) is 5.92. The normalized spacial score (nSPS) is 11.2. The van der Waals surface area contributed by atoms with E-state index in [9.17, 15) is 4.79 Å². The van der Waals surface area contributed by atoms with E-state index in [0.29, 0.717) is 0 Å². The van der Waals surface area contributed by atoms with Gasteiger partial charge in [-0.05, 0) is 38.5 Å². The Morgan fingerprint density at radius 1 is 1.33 bits per heavy atom. The predicted molar refractivity (Wildman–Crippen MR) is 77.3 cm³/mol. The number of carbonyl (C=O) groups excluding carboxylic acids is 1. The zero-order valence-corrected chi connectivity index (χ0v) is 12.4. The maximum atomic E-state index is 11.8. The molecule has 1 heterocycles. The predicted octanol–water partition coefficient (Wildman–Crippen LogP) is 1.88. The molecule has 2 rings (SSSR count). The lowest BCUT2D eigenvalue weighted by Gasteiger charge is -2.24. The largest absolute Gasteiger partial charge is 0.443 e. The summed E-state index contributed by atoms with van der Waals surface area (Å²) in [4.78, 5) is 15.7. The molecule has 7 heteroatoms. The molecule has 0 fully saturated rings. The van der Waals surface area contributed by atoms with Gasteiger partial charge in [-0.3, -0.25) is 0 Å². The van der Waals surface area contributed by atoms with Gasteiger partial charge in [0.1, 0.15) is 18.3 Å². The van der Waals surface area contributed by atoms with E-state index < -0.39 is 11.7 Å². The van der Waals surface area contributed by atoms with Gasteiger partial charge in [-0.2, -0.15) is 5.10 Å². The number of benzene rings is 1. The average Bonchev–Trinajstić information content (AvgIpc) is 2.91. The molecule has 0 radical (unpaired) electrons. The van der Waals surface area contributed by atoms with Gasteiger partial charge in [-0.15, -0.1) is 0 Å². The van der Waals surface area contributed by atoms with Crippen LogP contribution in [0.15, 0.2) is 36.9 Å². The molecule has 0 bridgehead atoms. The third-order valence-corrected chi connectivity index (χ3v) is 2.60. The highest BCUT2D eigenvalue weighted by Crippen LogP contribution is 2.12. The lowest BCUT2D eigenvalue weighted by atomic mass is 10.2. The zero-order valence-electron chi connectivity index (χ0n) is 12.4. The van der Waals surface area contributed by atoms with Gasteiger partial charge >= 0.3 is 6.09 Å². The van der Waals surface area contributed by atoms with E-state index in [2.05, 4.69) is 10.1 Å². The molecule has 0 spiro atoms. The monoisotopic (exact) mass is 289 g/mol. The van der Waals surface area contributed by atoms with Gasteiger partial charge in [0.25, 0.3) is 0 Å². The van der Waals surface area contributed by atoms with Crippen LogP contribution in [0.4, 0.5) is 4.79 Å². The van der Waals surface area contributed by atoms with Crippen molar-refractivity contribution in [1.29, 1.82) is 0 Å². The maximum absolute atomic E-state index is 11.8. The second-order valence-electron chi connectivity index (χ2n) is 5.61. The van der Waals surface area contributed by atoms with E-state index in [4.69, 9.17) is 10.6 Å². The first kappa shape index (κ1) is 15.0. The lowest BCUT2D eigenvalue weighted by Crippen LogP contribution is -2.40. The van der Waals surface area contributed by atoms with Gasteiger partial charge in [0, 0.05) is 0 Å². The first-order valence-electron chi connectivity index (χ1n) is 6.54. The molecule has 0 aliphatic carbocycles. The highest BCUT2D eigenvalue weighted by atomic mass is 16.6. The quantitative estimate of drug-likeness (QED) is 0.529. The van der Waals surface area contributed by atoms with Crippen molar-refractivity contribution in [3.8, 4) is 5.69 Å². The zero-order chi connectivity index (χ0) is 15.5. The molecule has 112 valence electrons. The molecule has 0 aliphatic rings. The van der Waals surface area contributed by atoms with Gasteiger partial charge in [0.15, 0.2) is 0 Å². The lowest BCUT2D eigenvalue weighted by molar-refractivity contribution is 0.0231. The van der Waals surface area contributed by atoms with Crippen molar-refractivity contribution < 1.29 is 9.53 Å².